The summed E-state index contributed by atoms with van der Waals surface area (Å²) in [5.74, 6) is -0.539. The lowest BCUT2D eigenvalue weighted by Crippen LogP contribution is -2.14. The molecule has 5 nitrogen and oxygen atoms in total. The SMILES string of the molecule is Cn1nc(C(=O)c2ccccc2)sc1=NC(=O)c1ccccc1. The van der Waals surface area contributed by atoms with Crippen LogP contribution in [-0.4, -0.2) is 21.5 Å². The molecule has 1 aromatic heterocycles. The minimum atomic E-state index is -0.358. The van der Waals surface area contributed by atoms with Crippen molar-refractivity contribution in [3.8, 4) is 0 Å². The van der Waals surface area contributed by atoms with Crippen molar-refractivity contribution in [3.05, 3.63) is 81.6 Å². The molecule has 23 heavy (non-hydrogen) atoms. The minimum absolute atomic E-state index is 0.181. The van der Waals surface area contributed by atoms with Crippen LogP contribution >= 0.6 is 11.3 Å². The van der Waals surface area contributed by atoms with Crippen molar-refractivity contribution in [2.45, 2.75) is 0 Å². The molecule has 0 saturated carbocycles. The minimum Gasteiger partial charge on any atom is -0.286 e. The Labute approximate surface area is 136 Å². The molecule has 3 rings (SSSR count). The number of hydrogen-bond donors (Lipinski definition) is 0. The van der Waals surface area contributed by atoms with Crippen molar-refractivity contribution in [1.82, 2.24) is 9.78 Å². The van der Waals surface area contributed by atoms with Crippen LogP contribution in [-0.2, 0) is 7.05 Å². The van der Waals surface area contributed by atoms with Gasteiger partial charge in [0.25, 0.3) is 5.91 Å². The Morgan fingerprint density at radius 2 is 1.52 bits per heavy atom. The molecular formula is C17H13N3O2S. The fraction of sp³-hybridized carbons (Fsp3) is 0.0588. The van der Waals surface area contributed by atoms with Gasteiger partial charge in [-0.2, -0.15) is 10.1 Å². The molecule has 1 heterocycles. The molecule has 1 amide bonds. The topological polar surface area (TPSA) is 64.3 Å². The zero-order valence-corrected chi connectivity index (χ0v) is 13.2. The van der Waals surface area contributed by atoms with Gasteiger partial charge >= 0.3 is 0 Å². The maximum absolute atomic E-state index is 12.4. The Morgan fingerprint density at radius 1 is 0.957 bits per heavy atom. The highest BCUT2D eigenvalue weighted by Crippen LogP contribution is 2.09. The van der Waals surface area contributed by atoms with E-state index >= 15 is 0 Å². The molecule has 0 aliphatic rings. The highest BCUT2D eigenvalue weighted by molar-refractivity contribution is 7.11. The predicted molar refractivity (Wildman–Crippen MR) is 87.3 cm³/mol. The maximum atomic E-state index is 12.4. The molecular weight excluding hydrogens is 310 g/mol. The molecule has 0 N–H and O–H groups in total. The number of carbonyl (C=O) groups excluding carboxylic acids is 2. The van der Waals surface area contributed by atoms with Gasteiger partial charge in [-0.25, -0.2) is 4.68 Å². The number of aryl methyl sites for hydroxylation is 1. The summed E-state index contributed by atoms with van der Waals surface area (Å²) in [4.78, 5) is 28.9. The molecule has 0 fully saturated rings. The van der Waals surface area contributed by atoms with Crippen molar-refractivity contribution >= 4 is 23.0 Å². The first-order chi connectivity index (χ1) is 11.1. The van der Waals surface area contributed by atoms with Gasteiger partial charge in [0.1, 0.15) is 0 Å². The Kier molecular flexibility index (Phi) is 4.25. The Morgan fingerprint density at radius 3 is 2.13 bits per heavy atom. The van der Waals surface area contributed by atoms with E-state index in [9.17, 15) is 9.59 Å². The molecule has 114 valence electrons. The van der Waals surface area contributed by atoms with E-state index in [0.29, 0.717) is 20.9 Å². The summed E-state index contributed by atoms with van der Waals surface area (Å²) in [5, 5.41) is 4.48. The fourth-order valence-corrected chi connectivity index (χ4v) is 2.83. The highest BCUT2D eigenvalue weighted by Gasteiger charge is 2.14. The Bertz CT molecular complexity index is 912. The van der Waals surface area contributed by atoms with Crippen molar-refractivity contribution < 1.29 is 9.59 Å². The third kappa shape index (κ3) is 3.32. The van der Waals surface area contributed by atoms with E-state index in [0.717, 1.165) is 11.3 Å². The summed E-state index contributed by atoms with van der Waals surface area (Å²) in [6, 6.07) is 17.7. The fourth-order valence-electron chi connectivity index (χ4n) is 1.98. The van der Waals surface area contributed by atoms with Crippen LogP contribution < -0.4 is 4.80 Å². The summed E-state index contributed by atoms with van der Waals surface area (Å²) in [6.45, 7) is 0. The molecule has 0 radical (unpaired) electrons. The molecule has 6 heteroatoms. The van der Waals surface area contributed by atoms with Crippen LogP contribution in [0.4, 0.5) is 0 Å². The molecule has 0 unspecified atom stereocenters. The van der Waals surface area contributed by atoms with E-state index < -0.39 is 0 Å². The standard InChI is InChI=1S/C17H13N3O2S/c1-20-17(18-15(22)13-10-6-3-7-11-13)23-16(19-20)14(21)12-8-4-2-5-9-12/h2-11H,1H3. The Balaban J connectivity index is 1.94. The molecule has 0 bridgehead atoms. The number of carbonyl (C=O) groups is 2. The second-order valence-corrected chi connectivity index (χ2v) is 5.75. The summed E-state index contributed by atoms with van der Waals surface area (Å²) < 4.78 is 1.45. The average Bonchev–Trinajstić information content (AvgIpc) is 2.96. The van der Waals surface area contributed by atoms with Gasteiger partial charge in [0.15, 0.2) is 5.01 Å². The van der Waals surface area contributed by atoms with Crippen LogP contribution in [0.25, 0.3) is 0 Å². The van der Waals surface area contributed by atoms with Gasteiger partial charge in [-0.1, -0.05) is 59.9 Å². The van der Waals surface area contributed by atoms with E-state index in [-0.39, 0.29) is 11.7 Å². The lowest BCUT2D eigenvalue weighted by molar-refractivity contribution is 0.0996. The summed E-state index contributed by atoms with van der Waals surface area (Å²) in [5.41, 5.74) is 1.06. The molecule has 0 saturated heterocycles. The molecule has 2 aromatic carbocycles. The summed E-state index contributed by atoms with van der Waals surface area (Å²) in [7, 11) is 1.66. The van der Waals surface area contributed by atoms with Crippen LogP contribution in [0.5, 0.6) is 0 Å². The zero-order valence-electron chi connectivity index (χ0n) is 12.3. The lowest BCUT2D eigenvalue weighted by Gasteiger charge is -1.94. The monoisotopic (exact) mass is 323 g/mol. The molecule has 0 aliphatic heterocycles. The number of nitrogens with zero attached hydrogens (tertiary/aromatic N) is 3. The highest BCUT2D eigenvalue weighted by atomic mass is 32.1. The number of amides is 1. The Hall–Kier alpha value is -2.86. The third-order valence-electron chi connectivity index (χ3n) is 3.15. The summed E-state index contributed by atoms with van der Waals surface area (Å²) >= 11 is 1.10. The van der Waals surface area contributed by atoms with Crippen LogP contribution in [0.3, 0.4) is 0 Å². The first-order valence-electron chi connectivity index (χ1n) is 6.93. The molecule has 0 aliphatic carbocycles. The number of ketones is 1. The van der Waals surface area contributed by atoms with Crippen molar-refractivity contribution in [2.24, 2.45) is 12.0 Å². The van der Waals surface area contributed by atoms with Crippen LogP contribution in [0.2, 0.25) is 0 Å². The van der Waals surface area contributed by atoms with Gasteiger partial charge in [-0.3, -0.25) is 9.59 Å². The predicted octanol–water partition coefficient (Wildman–Crippen LogP) is 2.45. The van der Waals surface area contributed by atoms with E-state index in [1.807, 2.05) is 12.1 Å². The lowest BCUT2D eigenvalue weighted by atomic mass is 10.1. The van der Waals surface area contributed by atoms with Crippen molar-refractivity contribution in [1.29, 1.82) is 0 Å². The second kappa shape index (κ2) is 6.50. The van der Waals surface area contributed by atoms with Crippen LogP contribution in [0.1, 0.15) is 25.7 Å². The van der Waals surface area contributed by atoms with Gasteiger partial charge < -0.3 is 0 Å². The zero-order chi connectivity index (χ0) is 16.2. The van der Waals surface area contributed by atoms with Gasteiger partial charge in [0.05, 0.1) is 0 Å². The van der Waals surface area contributed by atoms with E-state index in [1.165, 1.54) is 4.68 Å². The quantitative estimate of drug-likeness (QED) is 0.696. The van der Waals surface area contributed by atoms with Gasteiger partial charge in [0.2, 0.25) is 10.6 Å². The molecule has 3 aromatic rings. The first kappa shape index (κ1) is 15.1. The first-order valence-corrected chi connectivity index (χ1v) is 7.75. The van der Waals surface area contributed by atoms with E-state index in [4.69, 9.17) is 0 Å². The maximum Gasteiger partial charge on any atom is 0.279 e. The largest absolute Gasteiger partial charge is 0.286 e. The number of benzene rings is 2. The second-order valence-electron chi connectivity index (χ2n) is 4.79. The van der Waals surface area contributed by atoms with E-state index in [2.05, 4.69) is 10.1 Å². The molecule has 0 spiro atoms. The van der Waals surface area contributed by atoms with Crippen molar-refractivity contribution in [3.63, 3.8) is 0 Å². The summed E-state index contributed by atoms with van der Waals surface area (Å²) in [6.07, 6.45) is 0. The number of aromatic nitrogens is 2. The van der Waals surface area contributed by atoms with Crippen LogP contribution in [0, 0.1) is 0 Å². The number of rotatable bonds is 3. The average molecular weight is 323 g/mol. The van der Waals surface area contributed by atoms with E-state index in [1.54, 1.807) is 55.6 Å². The molecule has 0 atom stereocenters. The smallest absolute Gasteiger partial charge is 0.279 e. The van der Waals surface area contributed by atoms with Gasteiger partial charge in [-0.15, -0.1) is 0 Å². The van der Waals surface area contributed by atoms with Gasteiger partial charge in [0, 0.05) is 18.2 Å². The van der Waals surface area contributed by atoms with Gasteiger partial charge in [-0.05, 0) is 12.1 Å². The van der Waals surface area contributed by atoms with Crippen molar-refractivity contribution in [2.75, 3.05) is 0 Å². The third-order valence-corrected chi connectivity index (χ3v) is 4.15. The van der Waals surface area contributed by atoms with Crippen LogP contribution in [0.15, 0.2) is 65.7 Å². The number of hydrogen-bond acceptors (Lipinski definition) is 4. The normalized spacial score (nSPS) is 11.4.